The Morgan fingerprint density at radius 1 is 1.12 bits per heavy atom. The maximum Gasteiger partial charge on any atom is 0.228 e. The van der Waals surface area contributed by atoms with E-state index in [0.29, 0.717) is 15.7 Å². The molecule has 3 rings (SSSR count). The van der Waals surface area contributed by atoms with Crippen LogP contribution in [0.25, 0.3) is 11.0 Å². The molecular weight excluding hydrogens is 345 g/mol. The number of hydrogen-bond donors (Lipinski definition) is 1. The van der Waals surface area contributed by atoms with Gasteiger partial charge in [-0.1, -0.05) is 29.3 Å². The molecule has 0 bridgehead atoms. The molecule has 0 fully saturated rings. The summed E-state index contributed by atoms with van der Waals surface area (Å²) in [5.74, 6) is -0.167. The van der Waals surface area contributed by atoms with Crippen molar-refractivity contribution >= 4 is 45.8 Å². The number of rotatable bonds is 3. The molecule has 124 valence electrons. The van der Waals surface area contributed by atoms with Crippen LogP contribution in [-0.4, -0.2) is 5.91 Å². The number of hydrogen-bond acceptors (Lipinski definition) is 2. The topological polar surface area (TPSA) is 42.2 Å². The van der Waals surface area contributed by atoms with Gasteiger partial charge in [-0.05, 0) is 55.7 Å². The lowest BCUT2D eigenvalue weighted by Gasteiger charge is -2.08. The third kappa shape index (κ3) is 3.14. The van der Waals surface area contributed by atoms with Crippen molar-refractivity contribution in [3.05, 3.63) is 62.8 Å². The molecule has 0 spiro atoms. The first-order valence-corrected chi connectivity index (χ1v) is 8.34. The van der Waals surface area contributed by atoms with Crippen molar-refractivity contribution in [3.8, 4) is 0 Å². The van der Waals surface area contributed by atoms with Gasteiger partial charge >= 0.3 is 0 Å². The van der Waals surface area contributed by atoms with E-state index >= 15 is 0 Å². The second kappa shape index (κ2) is 6.50. The summed E-state index contributed by atoms with van der Waals surface area (Å²) in [5.41, 5.74) is 5.59. The van der Waals surface area contributed by atoms with Crippen molar-refractivity contribution < 1.29 is 9.21 Å². The fraction of sp³-hybridized carbons (Fsp3) is 0.211. The van der Waals surface area contributed by atoms with Gasteiger partial charge in [0.25, 0.3) is 0 Å². The van der Waals surface area contributed by atoms with Gasteiger partial charge in [-0.2, -0.15) is 0 Å². The number of nitrogens with one attached hydrogen (secondary N) is 1. The van der Waals surface area contributed by atoms with Gasteiger partial charge in [0.05, 0.1) is 23.4 Å². The van der Waals surface area contributed by atoms with E-state index in [9.17, 15) is 4.79 Å². The number of anilines is 1. The van der Waals surface area contributed by atoms with E-state index in [1.165, 1.54) is 5.56 Å². The molecular formula is C19H17Cl2NO2. The molecule has 1 aromatic heterocycles. The lowest BCUT2D eigenvalue weighted by Crippen LogP contribution is -2.14. The summed E-state index contributed by atoms with van der Waals surface area (Å²) in [6.07, 6.45) is 1.86. The normalized spacial score (nSPS) is 11.0. The molecule has 1 N–H and O–H groups in total. The highest BCUT2D eigenvalue weighted by Crippen LogP contribution is 2.31. The molecule has 1 heterocycles. The van der Waals surface area contributed by atoms with Crippen LogP contribution in [0.1, 0.15) is 22.3 Å². The second-order valence-electron chi connectivity index (χ2n) is 5.95. The number of benzene rings is 2. The van der Waals surface area contributed by atoms with Crippen molar-refractivity contribution in [2.24, 2.45) is 0 Å². The van der Waals surface area contributed by atoms with Crippen LogP contribution in [-0.2, 0) is 11.2 Å². The molecule has 0 unspecified atom stereocenters. The molecule has 2 aromatic carbocycles. The maximum absolute atomic E-state index is 12.4. The molecule has 24 heavy (non-hydrogen) atoms. The number of halogens is 2. The number of aryl methyl sites for hydroxylation is 3. The zero-order chi connectivity index (χ0) is 17.4. The van der Waals surface area contributed by atoms with Crippen LogP contribution in [0.4, 0.5) is 5.69 Å². The molecule has 5 heteroatoms. The average molecular weight is 362 g/mol. The predicted octanol–water partition coefficient (Wildman–Crippen LogP) is 5.85. The Hall–Kier alpha value is -1.97. The highest BCUT2D eigenvalue weighted by atomic mass is 35.5. The van der Waals surface area contributed by atoms with Crippen LogP contribution in [0.15, 0.2) is 34.9 Å². The minimum absolute atomic E-state index is 0.167. The molecule has 0 aliphatic carbocycles. The third-order valence-corrected chi connectivity index (χ3v) is 4.74. The minimum atomic E-state index is -0.167. The van der Waals surface area contributed by atoms with Gasteiger partial charge in [0.2, 0.25) is 5.91 Å². The van der Waals surface area contributed by atoms with Crippen LogP contribution in [0.5, 0.6) is 0 Å². The van der Waals surface area contributed by atoms with E-state index in [0.717, 1.165) is 27.7 Å². The van der Waals surface area contributed by atoms with Gasteiger partial charge in [0, 0.05) is 16.0 Å². The van der Waals surface area contributed by atoms with E-state index < -0.39 is 0 Å². The first-order chi connectivity index (χ1) is 11.4. The first kappa shape index (κ1) is 16.9. The van der Waals surface area contributed by atoms with Gasteiger partial charge in [-0.25, -0.2) is 0 Å². The number of amides is 1. The quantitative estimate of drug-likeness (QED) is 0.635. The molecule has 1 amide bonds. The number of furan rings is 1. The monoisotopic (exact) mass is 361 g/mol. The van der Waals surface area contributed by atoms with Gasteiger partial charge in [-0.3, -0.25) is 4.79 Å². The Morgan fingerprint density at radius 2 is 1.88 bits per heavy atom. The van der Waals surface area contributed by atoms with E-state index in [1.807, 2.05) is 13.8 Å². The zero-order valence-corrected chi connectivity index (χ0v) is 15.2. The molecule has 0 aliphatic heterocycles. The van der Waals surface area contributed by atoms with Crippen molar-refractivity contribution in [1.29, 1.82) is 0 Å². The summed E-state index contributed by atoms with van der Waals surface area (Å²) in [5, 5.41) is 4.78. The van der Waals surface area contributed by atoms with Crippen LogP contribution in [0.3, 0.4) is 0 Å². The third-order valence-electron chi connectivity index (χ3n) is 4.18. The van der Waals surface area contributed by atoms with Crippen molar-refractivity contribution in [2.75, 3.05) is 5.32 Å². The van der Waals surface area contributed by atoms with Crippen LogP contribution in [0.2, 0.25) is 10.0 Å². The van der Waals surface area contributed by atoms with Crippen LogP contribution < -0.4 is 5.32 Å². The summed E-state index contributed by atoms with van der Waals surface area (Å²) in [6.45, 7) is 6.10. The Kier molecular flexibility index (Phi) is 4.57. The summed E-state index contributed by atoms with van der Waals surface area (Å²) in [7, 11) is 0. The Morgan fingerprint density at radius 3 is 2.62 bits per heavy atom. The fourth-order valence-corrected chi connectivity index (χ4v) is 3.21. The van der Waals surface area contributed by atoms with Gasteiger partial charge in [0.1, 0.15) is 5.58 Å². The van der Waals surface area contributed by atoms with E-state index in [4.69, 9.17) is 27.6 Å². The van der Waals surface area contributed by atoms with E-state index in [1.54, 1.807) is 24.5 Å². The predicted molar refractivity (Wildman–Crippen MR) is 99.2 cm³/mol. The Labute approximate surface area is 150 Å². The summed E-state index contributed by atoms with van der Waals surface area (Å²) < 4.78 is 5.71. The summed E-state index contributed by atoms with van der Waals surface area (Å²) in [4.78, 5) is 12.4. The van der Waals surface area contributed by atoms with E-state index in [-0.39, 0.29) is 12.3 Å². The van der Waals surface area contributed by atoms with Crippen molar-refractivity contribution in [3.63, 3.8) is 0 Å². The number of carbonyl (C=O) groups excluding carboxylic acids is 1. The van der Waals surface area contributed by atoms with Crippen molar-refractivity contribution in [2.45, 2.75) is 27.2 Å². The molecule has 0 saturated heterocycles. The Bertz CT molecular complexity index is 944. The standard InChI is InChI=1S/C19H17Cl2NO2/c1-10-6-11(2)18-13(9-24-19(18)12(10)3)7-17(23)22-16-8-14(20)4-5-15(16)21/h4-6,8-9H,7H2,1-3H3,(H,22,23). The lowest BCUT2D eigenvalue weighted by molar-refractivity contribution is -0.115. The van der Waals surface area contributed by atoms with Gasteiger partial charge < -0.3 is 9.73 Å². The molecule has 0 atom stereocenters. The Balaban J connectivity index is 1.89. The summed E-state index contributed by atoms with van der Waals surface area (Å²) >= 11 is 12.0. The van der Waals surface area contributed by atoms with Gasteiger partial charge in [0.15, 0.2) is 0 Å². The smallest absolute Gasteiger partial charge is 0.228 e. The fourth-order valence-electron chi connectivity index (χ4n) is 2.88. The van der Waals surface area contributed by atoms with Crippen LogP contribution in [0, 0.1) is 20.8 Å². The minimum Gasteiger partial charge on any atom is -0.464 e. The maximum atomic E-state index is 12.4. The molecule has 0 radical (unpaired) electrons. The average Bonchev–Trinajstić information content (AvgIpc) is 2.93. The van der Waals surface area contributed by atoms with Crippen LogP contribution >= 0.6 is 23.2 Å². The lowest BCUT2D eigenvalue weighted by atomic mass is 9.99. The number of carbonyl (C=O) groups is 1. The summed E-state index contributed by atoms with van der Waals surface area (Å²) in [6, 6.07) is 7.08. The highest BCUT2D eigenvalue weighted by Gasteiger charge is 2.16. The SMILES string of the molecule is Cc1cc(C)c2c(CC(=O)Nc3cc(Cl)ccc3Cl)coc2c1C. The first-order valence-electron chi connectivity index (χ1n) is 7.58. The molecule has 0 aliphatic rings. The van der Waals surface area contributed by atoms with E-state index in [2.05, 4.69) is 18.3 Å². The second-order valence-corrected chi connectivity index (χ2v) is 6.79. The van der Waals surface area contributed by atoms with Crippen molar-refractivity contribution in [1.82, 2.24) is 0 Å². The number of fused-ring (bicyclic) bond motifs is 1. The zero-order valence-electron chi connectivity index (χ0n) is 13.7. The largest absolute Gasteiger partial charge is 0.464 e. The molecule has 3 nitrogen and oxygen atoms in total. The molecule has 0 saturated carbocycles. The molecule has 3 aromatic rings. The highest BCUT2D eigenvalue weighted by molar-refractivity contribution is 6.35. The van der Waals surface area contributed by atoms with Gasteiger partial charge in [-0.15, -0.1) is 0 Å².